The SMILES string of the molecule is CCC(N)c1nc(-c2cn3cc(C)[nH]c3n2)no1. The summed E-state index contributed by atoms with van der Waals surface area (Å²) in [6.45, 7) is 3.94. The van der Waals surface area contributed by atoms with Crippen molar-refractivity contribution < 1.29 is 4.52 Å². The van der Waals surface area contributed by atoms with Crippen LogP contribution in [-0.4, -0.2) is 24.5 Å². The summed E-state index contributed by atoms with van der Waals surface area (Å²) in [6, 6.07) is -0.221. The van der Waals surface area contributed by atoms with Gasteiger partial charge in [0.25, 0.3) is 0 Å². The van der Waals surface area contributed by atoms with Gasteiger partial charge in [0.1, 0.15) is 5.69 Å². The quantitative estimate of drug-likeness (QED) is 0.728. The maximum Gasteiger partial charge on any atom is 0.243 e. The zero-order chi connectivity index (χ0) is 12.7. The smallest absolute Gasteiger partial charge is 0.243 e. The van der Waals surface area contributed by atoms with E-state index >= 15 is 0 Å². The second kappa shape index (κ2) is 3.95. The molecule has 0 aliphatic heterocycles. The van der Waals surface area contributed by atoms with Crippen molar-refractivity contribution in [2.24, 2.45) is 5.73 Å². The van der Waals surface area contributed by atoms with Crippen molar-refractivity contribution >= 4 is 5.78 Å². The molecule has 0 radical (unpaired) electrons. The highest BCUT2D eigenvalue weighted by Gasteiger charge is 2.16. The van der Waals surface area contributed by atoms with E-state index in [1.165, 1.54) is 0 Å². The van der Waals surface area contributed by atoms with Gasteiger partial charge < -0.3 is 15.2 Å². The van der Waals surface area contributed by atoms with Gasteiger partial charge in [-0.05, 0) is 13.3 Å². The summed E-state index contributed by atoms with van der Waals surface area (Å²) in [5.41, 5.74) is 7.55. The fourth-order valence-electron chi connectivity index (χ4n) is 1.77. The lowest BCUT2D eigenvalue weighted by Gasteiger charge is -1.98. The summed E-state index contributed by atoms with van der Waals surface area (Å²) in [7, 11) is 0. The molecule has 18 heavy (non-hydrogen) atoms. The molecule has 7 heteroatoms. The monoisotopic (exact) mass is 246 g/mol. The summed E-state index contributed by atoms with van der Waals surface area (Å²) in [5, 5.41) is 3.90. The van der Waals surface area contributed by atoms with Crippen LogP contribution in [0.25, 0.3) is 17.3 Å². The van der Waals surface area contributed by atoms with Crippen LogP contribution in [0.15, 0.2) is 16.9 Å². The van der Waals surface area contributed by atoms with Crippen LogP contribution in [0.5, 0.6) is 0 Å². The molecule has 3 N–H and O–H groups in total. The fourth-order valence-corrected chi connectivity index (χ4v) is 1.77. The average Bonchev–Trinajstić information content (AvgIpc) is 3.00. The molecule has 1 atom stereocenters. The van der Waals surface area contributed by atoms with Gasteiger partial charge >= 0.3 is 0 Å². The maximum absolute atomic E-state index is 5.83. The van der Waals surface area contributed by atoms with Gasteiger partial charge in [0.15, 0.2) is 0 Å². The first-order chi connectivity index (χ1) is 8.67. The fraction of sp³-hybridized carbons (Fsp3) is 0.364. The minimum atomic E-state index is -0.221. The van der Waals surface area contributed by atoms with Gasteiger partial charge in [0.05, 0.1) is 6.04 Å². The molecule has 3 aromatic heterocycles. The molecule has 0 aromatic carbocycles. The maximum atomic E-state index is 5.83. The summed E-state index contributed by atoms with van der Waals surface area (Å²) in [4.78, 5) is 11.8. The third-order valence-electron chi connectivity index (χ3n) is 2.80. The Bertz CT molecular complexity index is 647. The van der Waals surface area contributed by atoms with Crippen molar-refractivity contribution in [1.29, 1.82) is 0 Å². The van der Waals surface area contributed by atoms with E-state index in [4.69, 9.17) is 10.3 Å². The number of imidazole rings is 2. The van der Waals surface area contributed by atoms with Crippen LogP contribution in [0.1, 0.15) is 31.0 Å². The van der Waals surface area contributed by atoms with E-state index in [0.29, 0.717) is 17.4 Å². The van der Waals surface area contributed by atoms with Crippen LogP contribution in [0.2, 0.25) is 0 Å². The number of aromatic amines is 1. The predicted molar refractivity (Wildman–Crippen MR) is 64.8 cm³/mol. The first-order valence-corrected chi connectivity index (χ1v) is 5.81. The predicted octanol–water partition coefficient (Wildman–Crippen LogP) is 1.43. The Balaban J connectivity index is 1.98. The Morgan fingerprint density at radius 3 is 3.00 bits per heavy atom. The number of aryl methyl sites for hydroxylation is 1. The third kappa shape index (κ3) is 1.68. The molecule has 94 valence electrons. The molecule has 3 heterocycles. The Kier molecular flexibility index (Phi) is 2.41. The Morgan fingerprint density at radius 2 is 2.28 bits per heavy atom. The lowest BCUT2D eigenvalue weighted by atomic mass is 10.2. The molecular weight excluding hydrogens is 232 g/mol. The zero-order valence-corrected chi connectivity index (χ0v) is 10.2. The Hall–Kier alpha value is -2.15. The molecule has 3 rings (SSSR count). The highest BCUT2D eigenvalue weighted by atomic mass is 16.5. The molecule has 0 saturated heterocycles. The molecule has 0 aliphatic carbocycles. The number of nitrogens with one attached hydrogen (secondary N) is 1. The van der Waals surface area contributed by atoms with E-state index in [9.17, 15) is 0 Å². The molecule has 7 nitrogen and oxygen atoms in total. The van der Waals surface area contributed by atoms with Crippen molar-refractivity contribution in [1.82, 2.24) is 24.5 Å². The first kappa shape index (κ1) is 11.0. The molecule has 0 fully saturated rings. The lowest BCUT2D eigenvalue weighted by molar-refractivity contribution is 0.352. The highest BCUT2D eigenvalue weighted by molar-refractivity contribution is 5.53. The molecular formula is C11H14N6O. The normalized spacial score (nSPS) is 13.3. The van der Waals surface area contributed by atoms with Gasteiger partial charge in [-0.3, -0.25) is 4.40 Å². The van der Waals surface area contributed by atoms with Crippen LogP contribution in [-0.2, 0) is 0 Å². The summed E-state index contributed by atoms with van der Waals surface area (Å²) >= 11 is 0. The van der Waals surface area contributed by atoms with Gasteiger partial charge in [0, 0.05) is 18.1 Å². The number of H-pyrrole nitrogens is 1. The Morgan fingerprint density at radius 1 is 1.44 bits per heavy atom. The van der Waals surface area contributed by atoms with E-state index in [2.05, 4.69) is 20.1 Å². The van der Waals surface area contributed by atoms with E-state index in [-0.39, 0.29) is 6.04 Å². The second-order valence-electron chi connectivity index (χ2n) is 4.27. The zero-order valence-electron chi connectivity index (χ0n) is 10.2. The summed E-state index contributed by atoms with van der Waals surface area (Å²) < 4.78 is 7.01. The molecule has 3 aromatic rings. The van der Waals surface area contributed by atoms with Gasteiger partial charge in [-0.1, -0.05) is 12.1 Å². The van der Waals surface area contributed by atoms with Crippen molar-refractivity contribution in [3.63, 3.8) is 0 Å². The molecule has 0 bridgehead atoms. The van der Waals surface area contributed by atoms with Gasteiger partial charge in [-0.2, -0.15) is 4.98 Å². The van der Waals surface area contributed by atoms with Crippen LogP contribution in [0.3, 0.4) is 0 Å². The molecule has 1 unspecified atom stereocenters. The van der Waals surface area contributed by atoms with Crippen molar-refractivity contribution in [3.8, 4) is 11.5 Å². The number of fused-ring (bicyclic) bond motifs is 1. The number of rotatable bonds is 3. The number of hydrogen-bond donors (Lipinski definition) is 2. The number of aromatic nitrogens is 5. The minimum absolute atomic E-state index is 0.221. The van der Waals surface area contributed by atoms with Crippen LogP contribution in [0.4, 0.5) is 0 Å². The second-order valence-corrected chi connectivity index (χ2v) is 4.27. The van der Waals surface area contributed by atoms with E-state index in [0.717, 1.165) is 17.9 Å². The molecule has 0 aliphatic rings. The summed E-state index contributed by atoms with van der Waals surface area (Å²) in [5.74, 6) is 1.66. The Labute approximate surface area is 103 Å². The largest absolute Gasteiger partial charge is 0.337 e. The van der Waals surface area contributed by atoms with E-state index in [1.807, 2.05) is 30.6 Å². The van der Waals surface area contributed by atoms with Gasteiger partial charge in [0.2, 0.25) is 17.5 Å². The number of hydrogen-bond acceptors (Lipinski definition) is 5. The van der Waals surface area contributed by atoms with Crippen molar-refractivity contribution in [3.05, 3.63) is 24.0 Å². The topological polar surface area (TPSA) is 98.0 Å². The van der Waals surface area contributed by atoms with E-state index in [1.54, 1.807) is 0 Å². The molecule has 0 amide bonds. The van der Waals surface area contributed by atoms with E-state index < -0.39 is 0 Å². The van der Waals surface area contributed by atoms with Crippen LogP contribution in [0, 0.1) is 6.92 Å². The van der Waals surface area contributed by atoms with Crippen molar-refractivity contribution in [2.75, 3.05) is 0 Å². The average molecular weight is 246 g/mol. The third-order valence-corrected chi connectivity index (χ3v) is 2.80. The van der Waals surface area contributed by atoms with Gasteiger partial charge in [-0.25, -0.2) is 4.98 Å². The number of nitrogens with zero attached hydrogens (tertiary/aromatic N) is 4. The van der Waals surface area contributed by atoms with Crippen LogP contribution < -0.4 is 5.73 Å². The number of nitrogens with two attached hydrogens (primary N) is 1. The van der Waals surface area contributed by atoms with Crippen LogP contribution >= 0.6 is 0 Å². The lowest BCUT2D eigenvalue weighted by Crippen LogP contribution is -2.08. The minimum Gasteiger partial charge on any atom is -0.337 e. The van der Waals surface area contributed by atoms with Crippen molar-refractivity contribution in [2.45, 2.75) is 26.3 Å². The first-order valence-electron chi connectivity index (χ1n) is 5.81. The highest BCUT2D eigenvalue weighted by Crippen LogP contribution is 2.19. The molecule has 0 spiro atoms. The van der Waals surface area contributed by atoms with Gasteiger partial charge in [-0.15, -0.1) is 0 Å². The molecule has 0 saturated carbocycles. The summed E-state index contributed by atoms with van der Waals surface area (Å²) in [6.07, 6.45) is 4.56. The standard InChI is InChI=1S/C11H14N6O/c1-3-7(12)10-15-9(16-18-10)8-5-17-4-6(2)13-11(17)14-8/h4-5,7H,3,12H2,1-2H3,(H,13,14).